The van der Waals surface area contributed by atoms with Crippen molar-refractivity contribution in [3.8, 4) is 11.6 Å². The fourth-order valence-corrected chi connectivity index (χ4v) is 1.62. The van der Waals surface area contributed by atoms with Crippen LogP contribution in [0.2, 0.25) is 0 Å². The first-order valence-electron chi connectivity index (χ1n) is 7.06. The van der Waals surface area contributed by atoms with E-state index in [2.05, 4.69) is 15.6 Å². The number of aromatic nitrogens is 2. The van der Waals surface area contributed by atoms with Gasteiger partial charge in [-0.25, -0.2) is 5.43 Å². The van der Waals surface area contributed by atoms with Gasteiger partial charge < -0.3 is 14.7 Å². The first kappa shape index (κ1) is 17.0. The van der Waals surface area contributed by atoms with Gasteiger partial charge in [-0.05, 0) is 19.1 Å². The summed E-state index contributed by atoms with van der Waals surface area (Å²) in [6.07, 6.45) is 1.29. The monoisotopic (exact) mass is 332 g/mol. The summed E-state index contributed by atoms with van der Waals surface area (Å²) in [4.78, 5) is 28.8. The van der Waals surface area contributed by atoms with Gasteiger partial charge in [-0.15, -0.1) is 0 Å². The highest BCUT2D eigenvalue weighted by Gasteiger charge is 2.05. The number of amides is 1. The maximum absolute atomic E-state index is 11.6. The number of para-hydroxylation sites is 1. The lowest BCUT2D eigenvalue weighted by Gasteiger charge is -2.07. The number of ether oxygens (including phenoxy) is 1. The van der Waals surface area contributed by atoms with Gasteiger partial charge in [0, 0.05) is 17.7 Å². The Hall–Kier alpha value is -3.36. The first-order valence-corrected chi connectivity index (χ1v) is 7.06. The van der Waals surface area contributed by atoms with Gasteiger partial charge in [-0.1, -0.05) is 22.1 Å². The van der Waals surface area contributed by atoms with E-state index in [-0.39, 0.29) is 11.6 Å². The van der Waals surface area contributed by atoms with Crippen molar-refractivity contribution in [2.45, 2.75) is 6.92 Å². The molecule has 0 unspecified atom stereocenters. The number of nitrogens with one attached hydrogen (secondary N) is 1. The summed E-state index contributed by atoms with van der Waals surface area (Å²) in [5, 5.41) is 17.0. The Morgan fingerprint density at radius 2 is 2.17 bits per heavy atom. The molecule has 0 aliphatic heterocycles. The molecule has 1 amide bonds. The van der Waals surface area contributed by atoms with Crippen LogP contribution in [0.25, 0.3) is 0 Å². The summed E-state index contributed by atoms with van der Waals surface area (Å²) in [7, 11) is 0. The molecule has 9 heteroatoms. The number of carbonyl (C=O) groups excluding carboxylic acids is 1. The summed E-state index contributed by atoms with van der Waals surface area (Å²) < 4.78 is 5.13. The third kappa shape index (κ3) is 4.83. The molecule has 0 atom stereocenters. The highest BCUT2D eigenvalue weighted by molar-refractivity contribution is 5.85. The molecule has 24 heavy (non-hydrogen) atoms. The Balaban J connectivity index is 1.88. The molecule has 0 saturated carbocycles. The zero-order valence-electron chi connectivity index (χ0n) is 12.9. The maximum atomic E-state index is 11.6. The zero-order valence-corrected chi connectivity index (χ0v) is 12.9. The smallest absolute Gasteiger partial charge is 0.303 e. The lowest BCUT2D eigenvalue weighted by atomic mass is 10.2. The Bertz CT molecular complexity index is 787. The summed E-state index contributed by atoms with van der Waals surface area (Å²) in [6.45, 7) is 1.68. The van der Waals surface area contributed by atoms with Crippen LogP contribution in [0.5, 0.6) is 11.6 Å². The average Bonchev–Trinajstić information content (AvgIpc) is 2.57. The maximum Gasteiger partial charge on any atom is 0.303 e. The highest BCUT2D eigenvalue weighted by atomic mass is 16.7. The van der Waals surface area contributed by atoms with E-state index in [1.807, 2.05) is 0 Å². The molecule has 9 nitrogen and oxygen atoms in total. The van der Waals surface area contributed by atoms with Crippen LogP contribution in [-0.4, -0.2) is 40.4 Å². The van der Waals surface area contributed by atoms with Gasteiger partial charge >= 0.3 is 5.56 Å². The van der Waals surface area contributed by atoms with E-state index in [4.69, 9.17) is 9.57 Å². The number of hydrazone groups is 1. The van der Waals surface area contributed by atoms with Crippen LogP contribution >= 0.6 is 0 Å². The molecular formula is C15H16N4O5. The van der Waals surface area contributed by atoms with Gasteiger partial charge in [0.25, 0.3) is 5.91 Å². The number of aromatic hydroxyl groups is 1. The summed E-state index contributed by atoms with van der Waals surface area (Å²) >= 11 is 0. The Kier molecular flexibility index (Phi) is 5.89. The third-order valence-electron chi connectivity index (χ3n) is 2.69. The highest BCUT2D eigenvalue weighted by Crippen LogP contribution is 2.12. The van der Waals surface area contributed by atoms with Crippen LogP contribution in [-0.2, 0) is 4.79 Å². The standard InChI is InChI=1S/C15H16N4O5/c1-2-23-14-7-8-15(22)19(18-14)24-10-13(21)17-16-9-11-5-3-4-6-12(11)20/h3-9,20H,2,10H2,1H3,(H,17,21)/b16-9+. The average molecular weight is 332 g/mol. The van der Waals surface area contributed by atoms with E-state index >= 15 is 0 Å². The van der Waals surface area contributed by atoms with Crippen molar-refractivity contribution in [1.82, 2.24) is 15.4 Å². The number of hydrogen-bond donors (Lipinski definition) is 2. The van der Waals surface area contributed by atoms with E-state index in [1.54, 1.807) is 25.1 Å². The van der Waals surface area contributed by atoms with Crippen LogP contribution < -0.4 is 20.6 Å². The molecule has 0 bridgehead atoms. The minimum Gasteiger partial charge on any atom is -0.507 e. The predicted molar refractivity (Wildman–Crippen MR) is 85.0 cm³/mol. The Labute approximate surface area is 137 Å². The molecule has 0 radical (unpaired) electrons. The van der Waals surface area contributed by atoms with E-state index in [0.29, 0.717) is 17.0 Å². The zero-order chi connectivity index (χ0) is 17.4. The minimum absolute atomic E-state index is 0.0373. The van der Waals surface area contributed by atoms with E-state index in [0.717, 1.165) is 0 Å². The number of phenolic OH excluding ortho intramolecular Hbond substituents is 1. The molecular weight excluding hydrogens is 316 g/mol. The van der Waals surface area contributed by atoms with Crippen molar-refractivity contribution >= 4 is 12.1 Å². The summed E-state index contributed by atoms with van der Waals surface area (Å²) in [5.41, 5.74) is 2.12. The van der Waals surface area contributed by atoms with Crippen molar-refractivity contribution in [1.29, 1.82) is 0 Å². The van der Waals surface area contributed by atoms with E-state index < -0.39 is 18.1 Å². The molecule has 1 aromatic heterocycles. The SMILES string of the molecule is CCOc1ccc(=O)n(OCC(=O)N/N=C/c2ccccc2O)n1. The summed E-state index contributed by atoms with van der Waals surface area (Å²) in [6, 6.07) is 9.13. The lowest BCUT2D eigenvalue weighted by Crippen LogP contribution is -2.35. The van der Waals surface area contributed by atoms with Gasteiger partial charge in [0.1, 0.15) is 5.75 Å². The molecule has 126 valence electrons. The van der Waals surface area contributed by atoms with Crippen LogP contribution in [0.3, 0.4) is 0 Å². The fourth-order valence-electron chi connectivity index (χ4n) is 1.62. The molecule has 0 fully saturated rings. The second-order valence-corrected chi connectivity index (χ2v) is 4.44. The van der Waals surface area contributed by atoms with Crippen LogP contribution in [0.15, 0.2) is 46.3 Å². The van der Waals surface area contributed by atoms with Crippen LogP contribution in [0, 0.1) is 0 Å². The van der Waals surface area contributed by atoms with Gasteiger partial charge in [-0.2, -0.15) is 5.10 Å². The topological polar surface area (TPSA) is 115 Å². The number of carbonyl (C=O) groups is 1. The fraction of sp³-hybridized carbons (Fsp3) is 0.200. The molecule has 2 rings (SSSR count). The van der Waals surface area contributed by atoms with E-state index in [9.17, 15) is 14.7 Å². The second-order valence-electron chi connectivity index (χ2n) is 4.44. The molecule has 0 aliphatic carbocycles. The number of rotatable bonds is 7. The quantitative estimate of drug-likeness (QED) is 0.541. The van der Waals surface area contributed by atoms with Crippen molar-refractivity contribution in [3.63, 3.8) is 0 Å². The van der Waals surface area contributed by atoms with Gasteiger partial charge in [-0.3, -0.25) is 9.59 Å². The number of benzene rings is 1. The number of nitrogens with zero attached hydrogens (tertiary/aromatic N) is 3. The van der Waals surface area contributed by atoms with Crippen molar-refractivity contribution in [2.75, 3.05) is 13.2 Å². The van der Waals surface area contributed by atoms with Crippen molar-refractivity contribution < 1.29 is 19.5 Å². The normalized spacial score (nSPS) is 10.5. The molecule has 1 heterocycles. The molecule has 0 saturated heterocycles. The molecule has 2 N–H and O–H groups in total. The van der Waals surface area contributed by atoms with E-state index in [1.165, 1.54) is 24.4 Å². The van der Waals surface area contributed by atoms with Gasteiger partial charge in [0.2, 0.25) is 5.88 Å². The summed E-state index contributed by atoms with van der Waals surface area (Å²) in [5.74, 6) is -0.359. The Morgan fingerprint density at radius 3 is 2.92 bits per heavy atom. The molecule has 2 aromatic rings. The van der Waals surface area contributed by atoms with Gasteiger partial charge in [0.15, 0.2) is 6.61 Å². The second kappa shape index (κ2) is 8.32. The van der Waals surface area contributed by atoms with Crippen LogP contribution in [0.4, 0.5) is 0 Å². The number of hydrogen-bond acceptors (Lipinski definition) is 7. The molecule has 0 spiro atoms. The number of phenols is 1. The van der Waals surface area contributed by atoms with Crippen molar-refractivity contribution in [2.24, 2.45) is 5.10 Å². The predicted octanol–water partition coefficient (Wildman–Crippen LogP) is -0.0735. The van der Waals surface area contributed by atoms with Crippen LogP contribution in [0.1, 0.15) is 12.5 Å². The Morgan fingerprint density at radius 1 is 1.38 bits per heavy atom. The van der Waals surface area contributed by atoms with Crippen molar-refractivity contribution in [3.05, 3.63) is 52.3 Å². The first-order chi connectivity index (χ1) is 11.6. The molecule has 1 aromatic carbocycles. The largest absolute Gasteiger partial charge is 0.507 e. The lowest BCUT2D eigenvalue weighted by molar-refractivity contribution is -0.126. The van der Waals surface area contributed by atoms with Gasteiger partial charge in [0.05, 0.1) is 12.8 Å². The minimum atomic E-state index is -0.600. The molecule has 0 aliphatic rings. The third-order valence-corrected chi connectivity index (χ3v) is 2.69.